The maximum atomic E-state index is 11.9. The molecule has 1 amide bonds. The van der Waals surface area contributed by atoms with Crippen LogP contribution in [-0.2, 0) is 11.3 Å². The average Bonchev–Trinajstić information content (AvgIpc) is 2.47. The van der Waals surface area contributed by atoms with Crippen LogP contribution in [0.3, 0.4) is 0 Å². The number of nitrogens with one attached hydrogen (secondary N) is 1. The van der Waals surface area contributed by atoms with E-state index in [2.05, 4.69) is 10.3 Å². The largest absolute Gasteiger partial charge is 0.389 e. The maximum absolute atomic E-state index is 11.9. The molecule has 0 unspecified atom stereocenters. The number of nitrogens with zero attached hydrogens (tertiary/aromatic N) is 2. The van der Waals surface area contributed by atoms with Gasteiger partial charge in [-0.3, -0.25) is 14.2 Å². The van der Waals surface area contributed by atoms with Gasteiger partial charge in [0.25, 0.3) is 5.56 Å². The summed E-state index contributed by atoms with van der Waals surface area (Å²) in [5.41, 5.74) is 6.58. The highest BCUT2D eigenvalue weighted by Crippen LogP contribution is 2.14. The maximum Gasteiger partial charge on any atom is 0.253 e. The summed E-state index contributed by atoms with van der Waals surface area (Å²) >= 11 is 4.93. The number of hydrogen-bond donors (Lipinski definition) is 2. The minimum absolute atomic E-state index is 0.150. The molecule has 0 aliphatic rings. The minimum Gasteiger partial charge on any atom is -0.389 e. The molecule has 1 aromatic carbocycles. The third-order valence-electron chi connectivity index (χ3n) is 2.84. The molecular weight excluding hydrogens is 288 g/mol. The predicted octanol–water partition coefficient (Wildman–Crippen LogP) is 0.906. The first-order chi connectivity index (χ1) is 10.1. The van der Waals surface area contributed by atoms with E-state index in [9.17, 15) is 9.59 Å². The van der Waals surface area contributed by atoms with Gasteiger partial charge in [0.15, 0.2) is 0 Å². The zero-order valence-corrected chi connectivity index (χ0v) is 12.0. The van der Waals surface area contributed by atoms with Crippen molar-refractivity contribution in [2.75, 3.05) is 5.32 Å². The third-order valence-corrected chi connectivity index (χ3v) is 3.06. The van der Waals surface area contributed by atoms with Gasteiger partial charge < -0.3 is 11.1 Å². The number of hydrogen-bond acceptors (Lipinski definition) is 4. The first-order valence-corrected chi connectivity index (χ1v) is 6.68. The second-order valence-electron chi connectivity index (χ2n) is 4.32. The summed E-state index contributed by atoms with van der Waals surface area (Å²) in [5.74, 6) is -0.227. The Labute approximate surface area is 126 Å². The summed E-state index contributed by atoms with van der Waals surface area (Å²) in [6.07, 6.45) is 2.97. The van der Waals surface area contributed by atoms with E-state index in [1.165, 1.54) is 23.2 Å². The monoisotopic (exact) mass is 302 g/mol. The number of amides is 1. The number of anilines is 1. The normalized spacial score (nSPS) is 10.1. The van der Waals surface area contributed by atoms with Crippen molar-refractivity contribution >= 4 is 28.8 Å². The number of aromatic nitrogens is 2. The summed E-state index contributed by atoms with van der Waals surface area (Å²) in [7, 11) is 0. The summed E-state index contributed by atoms with van der Waals surface area (Å²) in [6.45, 7) is 0.258. The second-order valence-corrected chi connectivity index (χ2v) is 4.76. The van der Waals surface area contributed by atoms with Gasteiger partial charge in [0.05, 0.1) is 12.0 Å². The lowest BCUT2D eigenvalue weighted by atomic mass is 10.1. The molecule has 108 valence electrons. The van der Waals surface area contributed by atoms with Crippen LogP contribution in [0.4, 0.5) is 5.69 Å². The van der Waals surface area contributed by atoms with E-state index >= 15 is 0 Å². The summed E-state index contributed by atoms with van der Waals surface area (Å²) in [6, 6.07) is 8.38. The fourth-order valence-electron chi connectivity index (χ4n) is 1.79. The van der Waals surface area contributed by atoms with Crippen LogP contribution < -0.4 is 16.6 Å². The van der Waals surface area contributed by atoms with E-state index < -0.39 is 0 Å². The van der Waals surface area contributed by atoms with Crippen molar-refractivity contribution in [3.8, 4) is 0 Å². The zero-order chi connectivity index (χ0) is 15.2. The number of nitrogens with two attached hydrogens (primary N) is 1. The van der Waals surface area contributed by atoms with Crippen LogP contribution in [-0.4, -0.2) is 20.4 Å². The lowest BCUT2D eigenvalue weighted by Gasteiger charge is -2.10. The molecule has 0 spiro atoms. The standard InChI is InChI=1S/C14H14N4O2S/c15-14(21)10-3-1-2-4-11(10)17-12(19)6-8-18-9-16-7-5-13(18)20/h1-5,7,9H,6,8H2,(H2,15,21)(H,17,19). The van der Waals surface area contributed by atoms with Gasteiger partial charge in [-0.05, 0) is 12.1 Å². The molecule has 0 bridgehead atoms. The first-order valence-electron chi connectivity index (χ1n) is 6.27. The second kappa shape index (κ2) is 6.76. The molecule has 21 heavy (non-hydrogen) atoms. The molecule has 0 fully saturated rings. The van der Waals surface area contributed by atoms with Gasteiger partial charge in [0, 0.05) is 30.8 Å². The molecule has 0 saturated heterocycles. The lowest BCUT2D eigenvalue weighted by molar-refractivity contribution is -0.116. The number of rotatable bonds is 5. The quantitative estimate of drug-likeness (QED) is 0.801. The van der Waals surface area contributed by atoms with Gasteiger partial charge in [-0.2, -0.15) is 0 Å². The Hall–Kier alpha value is -2.54. The number of carbonyl (C=O) groups is 1. The van der Waals surface area contributed by atoms with Gasteiger partial charge in [-0.1, -0.05) is 24.4 Å². The van der Waals surface area contributed by atoms with Crippen molar-refractivity contribution in [2.24, 2.45) is 5.73 Å². The number of aryl methyl sites for hydroxylation is 1. The molecular formula is C14H14N4O2S. The van der Waals surface area contributed by atoms with Gasteiger partial charge >= 0.3 is 0 Å². The van der Waals surface area contributed by atoms with Gasteiger partial charge in [0.2, 0.25) is 5.91 Å². The van der Waals surface area contributed by atoms with E-state index in [-0.39, 0.29) is 29.4 Å². The average molecular weight is 302 g/mol. The van der Waals surface area contributed by atoms with Crippen LogP contribution in [0.25, 0.3) is 0 Å². The Bertz CT molecular complexity index is 727. The predicted molar refractivity (Wildman–Crippen MR) is 84.1 cm³/mol. The number of thiocarbonyl (C=S) groups is 1. The number of para-hydroxylation sites is 1. The first kappa shape index (κ1) is 14.9. The highest BCUT2D eigenvalue weighted by molar-refractivity contribution is 7.80. The van der Waals surface area contributed by atoms with E-state index in [1.807, 2.05) is 0 Å². The van der Waals surface area contributed by atoms with E-state index in [0.29, 0.717) is 11.3 Å². The van der Waals surface area contributed by atoms with Crippen LogP contribution in [0.15, 0.2) is 47.7 Å². The molecule has 1 aromatic heterocycles. The number of carbonyl (C=O) groups excluding carboxylic acids is 1. The summed E-state index contributed by atoms with van der Waals surface area (Å²) < 4.78 is 1.37. The van der Waals surface area contributed by atoms with Crippen molar-refractivity contribution in [2.45, 2.75) is 13.0 Å². The Balaban J connectivity index is 2.01. The van der Waals surface area contributed by atoms with Gasteiger partial charge in [-0.25, -0.2) is 4.98 Å². The lowest BCUT2D eigenvalue weighted by Crippen LogP contribution is -2.23. The summed E-state index contributed by atoms with van der Waals surface area (Å²) in [4.78, 5) is 27.5. The molecule has 7 heteroatoms. The molecule has 0 radical (unpaired) electrons. The summed E-state index contributed by atoms with van der Waals surface area (Å²) in [5, 5.41) is 2.74. The fraction of sp³-hybridized carbons (Fsp3) is 0.143. The van der Waals surface area contributed by atoms with Gasteiger partial charge in [-0.15, -0.1) is 0 Å². The smallest absolute Gasteiger partial charge is 0.253 e. The molecule has 2 aromatic rings. The zero-order valence-electron chi connectivity index (χ0n) is 11.2. The van der Waals surface area contributed by atoms with Crippen molar-refractivity contribution in [3.63, 3.8) is 0 Å². The molecule has 0 aliphatic heterocycles. The minimum atomic E-state index is -0.227. The van der Waals surface area contributed by atoms with Crippen LogP contribution in [0, 0.1) is 0 Å². The fourth-order valence-corrected chi connectivity index (χ4v) is 1.97. The highest BCUT2D eigenvalue weighted by Gasteiger charge is 2.08. The molecule has 0 atom stereocenters. The van der Waals surface area contributed by atoms with Crippen LogP contribution >= 0.6 is 12.2 Å². The third kappa shape index (κ3) is 3.96. The Morgan fingerprint density at radius 3 is 2.81 bits per heavy atom. The van der Waals surface area contributed by atoms with Gasteiger partial charge in [0.1, 0.15) is 4.99 Å². The van der Waals surface area contributed by atoms with Crippen molar-refractivity contribution in [1.82, 2.24) is 9.55 Å². The molecule has 6 nitrogen and oxygen atoms in total. The SMILES string of the molecule is NC(=S)c1ccccc1NC(=O)CCn1cnccc1=O. The van der Waals surface area contributed by atoms with Crippen molar-refractivity contribution < 1.29 is 4.79 Å². The number of benzene rings is 1. The molecule has 0 aliphatic carbocycles. The topological polar surface area (TPSA) is 90.0 Å². The highest BCUT2D eigenvalue weighted by atomic mass is 32.1. The van der Waals surface area contributed by atoms with Crippen LogP contribution in [0.5, 0.6) is 0 Å². The van der Waals surface area contributed by atoms with Crippen molar-refractivity contribution in [3.05, 3.63) is 58.8 Å². The van der Waals surface area contributed by atoms with E-state index in [1.54, 1.807) is 24.3 Å². The van der Waals surface area contributed by atoms with E-state index in [4.69, 9.17) is 18.0 Å². The molecule has 2 rings (SSSR count). The van der Waals surface area contributed by atoms with Crippen LogP contribution in [0.1, 0.15) is 12.0 Å². The molecule has 3 N–H and O–H groups in total. The Morgan fingerprint density at radius 1 is 1.33 bits per heavy atom. The Morgan fingerprint density at radius 2 is 2.10 bits per heavy atom. The Kier molecular flexibility index (Phi) is 4.78. The van der Waals surface area contributed by atoms with Crippen LogP contribution in [0.2, 0.25) is 0 Å². The molecule has 1 heterocycles. The molecule has 0 saturated carbocycles. The van der Waals surface area contributed by atoms with E-state index in [0.717, 1.165) is 0 Å². The van der Waals surface area contributed by atoms with Crippen molar-refractivity contribution in [1.29, 1.82) is 0 Å².